The van der Waals surface area contributed by atoms with Crippen LogP contribution in [0.1, 0.15) is 49.4 Å². The number of anilines is 1. The van der Waals surface area contributed by atoms with Gasteiger partial charge in [-0.3, -0.25) is 19.3 Å². The van der Waals surface area contributed by atoms with Crippen LogP contribution in [0.3, 0.4) is 0 Å². The topological polar surface area (TPSA) is 90.0 Å². The number of nitrogens with zero attached hydrogens (tertiary/aromatic N) is 3. The number of hydrogen-bond acceptors (Lipinski definition) is 5. The lowest BCUT2D eigenvalue weighted by Gasteiger charge is -2.41. The Labute approximate surface area is 202 Å². The fourth-order valence-electron chi connectivity index (χ4n) is 4.98. The quantitative estimate of drug-likeness (QED) is 0.461. The van der Waals surface area contributed by atoms with Crippen LogP contribution in [0, 0.1) is 5.92 Å². The van der Waals surface area contributed by atoms with Crippen LogP contribution >= 0.6 is 15.9 Å². The van der Waals surface area contributed by atoms with Crippen LogP contribution in [-0.2, 0) is 9.59 Å². The molecule has 1 aromatic carbocycles. The summed E-state index contributed by atoms with van der Waals surface area (Å²) in [4.78, 5) is 55.1. The third-order valence-electron chi connectivity index (χ3n) is 6.97. The van der Waals surface area contributed by atoms with Crippen LogP contribution in [0.15, 0.2) is 24.3 Å². The molecule has 4 amide bonds. The second-order valence-corrected chi connectivity index (χ2v) is 10.4. The molecule has 0 spiro atoms. The number of hydrogen-bond donors (Lipinski definition) is 1. The summed E-state index contributed by atoms with van der Waals surface area (Å²) in [6.45, 7) is 4.55. The van der Waals surface area contributed by atoms with Crippen molar-refractivity contribution in [2.24, 2.45) is 5.92 Å². The van der Waals surface area contributed by atoms with Crippen LogP contribution in [0.4, 0.5) is 10.5 Å². The highest BCUT2D eigenvalue weighted by Gasteiger charge is 2.43. The van der Waals surface area contributed by atoms with Crippen molar-refractivity contribution in [3.63, 3.8) is 0 Å². The normalized spacial score (nSPS) is 25.5. The molecule has 9 heteroatoms. The van der Waals surface area contributed by atoms with Crippen molar-refractivity contribution in [3.8, 4) is 0 Å². The molecule has 2 saturated heterocycles. The van der Waals surface area contributed by atoms with Gasteiger partial charge in [0.2, 0.25) is 11.8 Å². The van der Waals surface area contributed by atoms with E-state index in [-0.39, 0.29) is 42.1 Å². The molecule has 8 nitrogen and oxygen atoms in total. The number of imide groups is 1. The summed E-state index contributed by atoms with van der Waals surface area (Å²) < 4.78 is 0. The second kappa shape index (κ2) is 10.2. The van der Waals surface area contributed by atoms with E-state index in [0.717, 1.165) is 38.0 Å². The number of ketones is 1. The van der Waals surface area contributed by atoms with Gasteiger partial charge in [0.15, 0.2) is 5.78 Å². The van der Waals surface area contributed by atoms with Crippen LogP contribution in [0.2, 0.25) is 0 Å². The van der Waals surface area contributed by atoms with Gasteiger partial charge >= 0.3 is 6.03 Å². The van der Waals surface area contributed by atoms with Crippen LogP contribution in [0.25, 0.3) is 0 Å². The van der Waals surface area contributed by atoms with Crippen molar-refractivity contribution in [1.82, 2.24) is 15.1 Å². The van der Waals surface area contributed by atoms with Crippen molar-refractivity contribution >= 4 is 45.2 Å². The van der Waals surface area contributed by atoms with E-state index in [4.69, 9.17) is 0 Å². The van der Waals surface area contributed by atoms with Gasteiger partial charge in [0.25, 0.3) is 0 Å². The highest BCUT2D eigenvalue weighted by Crippen LogP contribution is 2.33. The van der Waals surface area contributed by atoms with Gasteiger partial charge in [-0.1, -0.05) is 15.9 Å². The Bertz CT molecular complexity index is 914. The Kier molecular flexibility index (Phi) is 7.36. The van der Waals surface area contributed by atoms with Gasteiger partial charge in [-0.25, -0.2) is 4.79 Å². The van der Waals surface area contributed by atoms with E-state index in [2.05, 4.69) is 26.1 Å². The predicted molar refractivity (Wildman–Crippen MR) is 129 cm³/mol. The lowest BCUT2D eigenvalue weighted by atomic mass is 9.82. The average Bonchev–Trinajstić information content (AvgIpc) is 2.82. The zero-order valence-corrected chi connectivity index (χ0v) is 20.6. The third-order valence-corrected chi connectivity index (χ3v) is 7.80. The van der Waals surface area contributed by atoms with Gasteiger partial charge in [-0.05, 0) is 56.9 Å². The largest absolute Gasteiger partial charge is 0.368 e. The molecule has 3 atom stereocenters. The van der Waals surface area contributed by atoms with Crippen molar-refractivity contribution in [2.45, 2.75) is 49.9 Å². The van der Waals surface area contributed by atoms with E-state index < -0.39 is 0 Å². The molecule has 2 heterocycles. The first-order valence-electron chi connectivity index (χ1n) is 11.7. The Balaban J connectivity index is 1.22. The first-order chi connectivity index (χ1) is 15.8. The minimum absolute atomic E-state index is 0.0478. The predicted octanol–water partition coefficient (Wildman–Crippen LogP) is 2.80. The number of benzene rings is 1. The summed E-state index contributed by atoms with van der Waals surface area (Å²) in [6.07, 6.45) is 3.30. The van der Waals surface area contributed by atoms with E-state index in [1.807, 2.05) is 29.2 Å². The number of carbonyl (C=O) groups is 4. The summed E-state index contributed by atoms with van der Waals surface area (Å²) in [6, 6.07) is 7.17. The fourth-order valence-corrected chi connectivity index (χ4v) is 5.65. The molecule has 3 fully saturated rings. The molecule has 0 bridgehead atoms. The third kappa shape index (κ3) is 5.39. The molecule has 178 valence electrons. The van der Waals surface area contributed by atoms with E-state index in [1.165, 1.54) is 4.90 Å². The summed E-state index contributed by atoms with van der Waals surface area (Å²) in [5.74, 6) is -0.173. The first kappa shape index (κ1) is 23.7. The molecular weight excluding hydrogens is 488 g/mol. The standard InChI is InChI=1S/C24H31BrN4O4/c1-16(30)17-4-7-19(8-5-17)27-11-13-28(14-12-27)22(31)3-2-10-29-23(32)20-15-18(25)6-9-21(20)26-24(29)33/h4-5,7-8,18,20-21H,2-3,6,9-15H2,1H3,(H,26,33). The van der Waals surface area contributed by atoms with Crippen LogP contribution in [0.5, 0.6) is 0 Å². The Morgan fingerprint density at radius 2 is 1.76 bits per heavy atom. The first-order valence-corrected chi connectivity index (χ1v) is 12.6. The number of halogens is 1. The smallest absolute Gasteiger partial charge is 0.324 e. The van der Waals surface area contributed by atoms with Gasteiger partial charge in [0, 0.05) is 61.3 Å². The molecule has 3 aliphatic rings. The number of carbonyl (C=O) groups excluding carboxylic acids is 4. The maximum absolute atomic E-state index is 12.8. The number of nitrogens with one attached hydrogen (secondary N) is 1. The van der Waals surface area contributed by atoms with Crippen molar-refractivity contribution in [3.05, 3.63) is 29.8 Å². The van der Waals surface area contributed by atoms with Crippen molar-refractivity contribution < 1.29 is 19.2 Å². The minimum Gasteiger partial charge on any atom is -0.368 e. The number of alkyl halides is 1. The van der Waals surface area contributed by atoms with Crippen molar-refractivity contribution in [2.75, 3.05) is 37.6 Å². The summed E-state index contributed by atoms with van der Waals surface area (Å²) in [7, 11) is 0. The molecule has 1 saturated carbocycles. The lowest BCUT2D eigenvalue weighted by molar-refractivity contribution is -0.137. The highest BCUT2D eigenvalue weighted by atomic mass is 79.9. The van der Waals surface area contributed by atoms with Crippen LogP contribution in [-0.4, -0.2) is 77.0 Å². The fraction of sp³-hybridized carbons (Fsp3) is 0.583. The van der Waals surface area contributed by atoms with Gasteiger partial charge in [0.1, 0.15) is 0 Å². The molecule has 0 aromatic heterocycles. The van der Waals surface area contributed by atoms with Crippen LogP contribution < -0.4 is 10.2 Å². The SMILES string of the molecule is CC(=O)c1ccc(N2CCN(C(=O)CCCN3C(=O)NC4CCC(Br)CC4C3=O)CC2)cc1. The molecule has 0 radical (unpaired) electrons. The maximum atomic E-state index is 12.8. The van der Waals surface area contributed by atoms with Gasteiger partial charge in [-0.15, -0.1) is 0 Å². The van der Waals surface area contributed by atoms with Gasteiger partial charge in [0.05, 0.1) is 5.92 Å². The number of urea groups is 1. The van der Waals surface area contributed by atoms with Crippen molar-refractivity contribution in [1.29, 1.82) is 0 Å². The molecule has 4 rings (SSSR count). The summed E-state index contributed by atoms with van der Waals surface area (Å²) in [5, 5.41) is 2.98. The molecule has 1 aliphatic carbocycles. The van der Waals surface area contributed by atoms with E-state index >= 15 is 0 Å². The number of Topliss-reactive ketones (excluding diaryl/α,β-unsaturated/α-hetero) is 1. The number of fused-ring (bicyclic) bond motifs is 1. The second-order valence-electron chi connectivity index (χ2n) is 9.14. The molecule has 1 aromatic rings. The Hall–Kier alpha value is -2.42. The van der Waals surface area contributed by atoms with Gasteiger partial charge in [-0.2, -0.15) is 0 Å². The maximum Gasteiger partial charge on any atom is 0.324 e. The average molecular weight is 519 g/mol. The van der Waals surface area contributed by atoms with E-state index in [1.54, 1.807) is 6.92 Å². The zero-order valence-electron chi connectivity index (χ0n) is 19.0. The number of amides is 4. The Morgan fingerprint density at radius 1 is 1.06 bits per heavy atom. The Morgan fingerprint density at radius 3 is 2.42 bits per heavy atom. The number of rotatable bonds is 6. The minimum atomic E-state index is -0.328. The summed E-state index contributed by atoms with van der Waals surface area (Å²) >= 11 is 3.61. The summed E-state index contributed by atoms with van der Waals surface area (Å²) in [5.41, 5.74) is 1.74. The lowest BCUT2D eigenvalue weighted by Crippen LogP contribution is -2.61. The molecular formula is C24H31BrN4O4. The molecule has 3 unspecified atom stereocenters. The van der Waals surface area contributed by atoms with E-state index in [0.29, 0.717) is 36.3 Å². The molecule has 2 aliphatic heterocycles. The molecule has 33 heavy (non-hydrogen) atoms. The highest BCUT2D eigenvalue weighted by molar-refractivity contribution is 9.09. The monoisotopic (exact) mass is 518 g/mol. The zero-order chi connectivity index (χ0) is 23.5. The van der Waals surface area contributed by atoms with Gasteiger partial charge < -0.3 is 15.1 Å². The van der Waals surface area contributed by atoms with E-state index in [9.17, 15) is 19.2 Å². The number of piperazine rings is 1. The molecule has 1 N–H and O–H groups in total.